The predicted octanol–water partition coefficient (Wildman–Crippen LogP) is 3.49. The smallest absolute Gasteiger partial charge is 0.421 e. The summed E-state index contributed by atoms with van der Waals surface area (Å²) in [7, 11) is 0. The van der Waals surface area contributed by atoms with E-state index >= 15 is 0 Å². The first-order valence-electron chi connectivity index (χ1n) is 8.13. The van der Waals surface area contributed by atoms with Gasteiger partial charge in [-0.05, 0) is 38.0 Å². The molecule has 0 saturated carbocycles. The van der Waals surface area contributed by atoms with Crippen LogP contribution in [0.5, 0.6) is 5.88 Å². The van der Waals surface area contributed by atoms with Crippen molar-refractivity contribution < 1.29 is 17.9 Å². The van der Waals surface area contributed by atoms with Crippen molar-refractivity contribution in [1.82, 2.24) is 15.0 Å². The van der Waals surface area contributed by atoms with Gasteiger partial charge in [0.25, 0.3) is 0 Å². The van der Waals surface area contributed by atoms with Gasteiger partial charge in [0.15, 0.2) is 0 Å². The van der Waals surface area contributed by atoms with Gasteiger partial charge in [-0.25, -0.2) is 15.0 Å². The molecule has 2 aromatic heterocycles. The van der Waals surface area contributed by atoms with E-state index in [1.807, 2.05) is 13.0 Å². The van der Waals surface area contributed by atoms with Gasteiger partial charge in [-0.3, -0.25) is 0 Å². The van der Waals surface area contributed by atoms with Gasteiger partial charge >= 0.3 is 6.18 Å². The van der Waals surface area contributed by atoms with Crippen LogP contribution in [0.2, 0.25) is 0 Å². The van der Waals surface area contributed by atoms with Crippen LogP contribution in [0.1, 0.15) is 24.2 Å². The monoisotopic (exact) mass is 352 g/mol. The van der Waals surface area contributed by atoms with Crippen molar-refractivity contribution in [3.05, 3.63) is 42.0 Å². The molecule has 1 saturated heterocycles. The number of anilines is 1. The third kappa shape index (κ3) is 4.37. The minimum atomic E-state index is -4.47. The molecule has 8 heteroatoms. The highest BCUT2D eigenvalue weighted by Crippen LogP contribution is 2.35. The average Bonchev–Trinajstić information content (AvgIpc) is 2.60. The minimum absolute atomic E-state index is 0.118. The second-order valence-corrected chi connectivity index (χ2v) is 6.08. The Balaban J connectivity index is 1.64. The molecule has 1 fully saturated rings. The van der Waals surface area contributed by atoms with E-state index in [9.17, 15) is 13.2 Å². The molecule has 0 radical (unpaired) electrons. The minimum Gasteiger partial charge on any atom is -0.477 e. The van der Waals surface area contributed by atoms with Crippen LogP contribution in [0.15, 0.2) is 30.6 Å². The van der Waals surface area contributed by atoms with Crippen molar-refractivity contribution in [1.29, 1.82) is 0 Å². The van der Waals surface area contributed by atoms with Gasteiger partial charge in [0, 0.05) is 31.4 Å². The molecule has 3 rings (SSSR count). The number of ether oxygens (including phenoxy) is 1. The molecule has 25 heavy (non-hydrogen) atoms. The van der Waals surface area contributed by atoms with E-state index in [-0.39, 0.29) is 18.4 Å². The zero-order valence-electron chi connectivity index (χ0n) is 13.8. The molecule has 0 aromatic carbocycles. The van der Waals surface area contributed by atoms with E-state index in [4.69, 9.17) is 4.74 Å². The summed E-state index contributed by atoms with van der Waals surface area (Å²) in [5.41, 5.74) is -0.839. The Morgan fingerprint density at radius 3 is 2.84 bits per heavy atom. The molecule has 5 nitrogen and oxygen atoms in total. The van der Waals surface area contributed by atoms with Gasteiger partial charge in [-0.15, -0.1) is 0 Å². The van der Waals surface area contributed by atoms with E-state index < -0.39 is 11.7 Å². The average molecular weight is 352 g/mol. The second-order valence-electron chi connectivity index (χ2n) is 6.08. The van der Waals surface area contributed by atoms with Crippen LogP contribution in [0.25, 0.3) is 0 Å². The largest absolute Gasteiger partial charge is 0.477 e. The lowest BCUT2D eigenvalue weighted by atomic mass is 9.99. The molecule has 1 aliphatic rings. The van der Waals surface area contributed by atoms with Crippen molar-refractivity contribution in [2.75, 3.05) is 24.6 Å². The molecular formula is C17H19F3N4O. The second kappa shape index (κ2) is 7.25. The van der Waals surface area contributed by atoms with Crippen molar-refractivity contribution in [3.63, 3.8) is 0 Å². The van der Waals surface area contributed by atoms with Crippen LogP contribution in [0.4, 0.5) is 19.0 Å². The molecule has 0 bridgehead atoms. The summed E-state index contributed by atoms with van der Waals surface area (Å²) in [6, 6.07) is 4.09. The number of alkyl halides is 3. The number of hydrogen-bond acceptors (Lipinski definition) is 5. The summed E-state index contributed by atoms with van der Waals surface area (Å²) >= 11 is 0. The summed E-state index contributed by atoms with van der Waals surface area (Å²) in [5.74, 6) is 1.29. The number of hydrogen-bond donors (Lipinski definition) is 0. The first-order chi connectivity index (χ1) is 11.9. The first kappa shape index (κ1) is 17.4. The summed E-state index contributed by atoms with van der Waals surface area (Å²) in [6.45, 7) is 3.57. The Morgan fingerprint density at radius 1 is 1.24 bits per heavy atom. The van der Waals surface area contributed by atoms with Crippen molar-refractivity contribution in [2.24, 2.45) is 5.92 Å². The molecule has 1 atom stereocenters. The normalized spacial score (nSPS) is 18.2. The zero-order chi connectivity index (χ0) is 17.9. The lowest BCUT2D eigenvalue weighted by molar-refractivity contribution is -0.139. The molecule has 134 valence electrons. The van der Waals surface area contributed by atoms with E-state index in [0.717, 1.165) is 31.3 Å². The van der Waals surface area contributed by atoms with Crippen LogP contribution in [-0.4, -0.2) is 34.6 Å². The Hall–Kier alpha value is -2.38. The SMILES string of the molecule is Cc1nccc(N2CCCC(COc3ncccc3C(F)(F)F)C2)n1. The number of pyridine rings is 1. The van der Waals surface area contributed by atoms with Gasteiger partial charge in [-0.1, -0.05) is 0 Å². The molecule has 1 unspecified atom stereocenters. The van der Waals surface area contributed by atoms with Gasteiger partial charge in [0.1, 0.15) is 17.2 Å². The lowest BCUT2D eigenvalue weighted by Crippen LogP contribution is -2.38. The lowest BCUT2D eigenvalue weighted by Gasteiger charge is -2.33. The molecule has 2 aromatic rings. The maximum absolute atomic E-state index is 13.0. The quantitative estimate of drug-likeness (QED) is 0.843. The van der Waals surface area contributed by atoms with Crippen LogP contribution >= 0.6 is 0 Å². The fourth-order valence-electron chi connectivity index (χ4n) is 2.95. The molecule has 0 amide bonds. The summed E-state index contributed by atoms with van der Waals surface area (Å²) in [4.78, 5) is 14.4. The number of aryl methyl sites for hydroxylation is 1. The highest BCUT2D eigenvalue weighted by Gasteiger charge is 2.35. The van der Waals surface area contributed by atoms with E-state index in [1.165, 1.54) is 12.3 Å². The standard InChI is InChI=1S/C17H19F3N4O/c1-12-21-8-6-15(23-12)24-9-3-4-13(10-24)11-25-16-14(17(18,19)20)5-2-7-22-16/h2,5-8,13H,3-4,9-11H2,1H3. The van der Waals surface area contributed by atoms with Gasteiger partial charge in [0.2, 0.25) is 5.88 Å². The summed E-state index contributed by atoms with van der Waals surface area (Å²) in [5, 5.41) is 0. The van der Waals surface area contributed by atoms with Crippen molar-refractivity contribution in [3.8, 4) is 5.88 Å². The van der Waals surface area contributed by atoms with E-state index in [1.54, 1.807) is 6.20 Å². The van der Waals surface area contributed by atoms with Gasteiger partial charge in [0.05, 0.1) is 6.61 Å². The molecule has 0 N–H and O–H groups in total. The fourth-order valence-corrected chi connectivity index (χ4v) is 2.95. The van der Waals surface area contributed by atoms with Crippen LogP contribution < -0.4 is 9.64 Å². The maximum atomic E-state index is 13.0. The molecule has 0 aliphatic carbocycles. The number of nitrogens with zero attached hydrogens (tertiary/aromatic N) is 4. The highest BCUT2D eigenvalue weighted by molar-refractivity contribution is 5.38. The van der Waals surface area contributed by atoms with E-state index in [2.05, 4.69) is 19.9 Å². The van der Waals surface area contributed by atoms with Crippen molar-refractivity contribution in [2.45, 2.75) is 25.9 Å². The zero-order valence-corrected chi connectivity index (χ0v) is 13.8. The topological polar surface area (TPSA) is 51.1 Å². The van der Waals surface area contributed by atoms with Crippen LogP contribution in [0, 0.1) is 12.8 Å². The Labute approximate surface area is 143 Å². The fraction of sp³-hybridized carbons (Fsp3) is 0.471. The molecule has 3 heterocycles. The van der Waals surface area contributed by atoms with Crippen LogP contribution in [-0.2, 0) is 6.18 Å². The van der Waals surface area contributed by atoms with Gasteiger partial charge < -0.3 is 9.64 Å². The number of rotatable bonds is 4. The van der Waals surface area contributed by atoms with Crippen molar-refractivity contribution >= 4 is 5.82 Å². The summed E-state index contributed by atoms with van der Waals surface area (Å²) < 4.78 is 44.4. The third-order valence-corrected chi connectivity index (χ3v) is 4.14. The van der Waals surface area contributed by atoms with Gasteiger partial charge in [-0.2, -0.15) is 13.2 Å². The maximum Gasteiger partial charge on any atom is 0.421 e. The number of aromatic nitrogens is 3. The number of halogens is 3. The van der Waals surface area contributed by atoms with Crippen LogP contribution in [0.3, 0.4) is 0 Å². The molecular weight excluding hydrogens is 333 g/mol. The Kier molecular flexibility index (Phi) is 5.06. The highest BCUT2D eigenvalue weighted by atomic mass is 19.4. The number of piperidine rings is 1. The predicted molar refractivity (Wildman–Crippen MR) is 86.4 cm³/mol. The summed E-state index contributed by atoms with van der Waals surface area (Å²) in [6.07, 6.45) is 0.379. The molecule has 1 aliphatic heterocycles. The Bertz CT molecular complexity index is 723. The Morgan fingerprint density at radius 2 is 2.08 bits per heavy atom. The molecule has 0 spiro atoms. The van der Waals surface area contributed by atoms with E-state index in [0.29, 0.717) is 12.4 Å². The first-order valence-corrected chi connectivity index (χ1v) is 8.13. The third-order valence-electron chi connectivity index (χ3n) is 4.14.